The SMILES string of the molecule is O=S(=O)(c1cccc(F)c1)N1CCN(c2nn3cc(-c4cccnc4)nc3s2)CC1. The third-order valence-electron chi connectivity index (χ3n) is 4.93. The number of sulfonamides is 1. The number of hydrogen-bond donors (Lipinski definition) is 0. The largest absolute Gasteiger partial charge is 0.344 e. The molecule has 154 valence electrons. The molecule has 11 heteroatoms. The fourth-order valence-corrected chi connectivity index (χ4v) is 5.76. The van der Waals surface area contributed by atoms with Crippen LogP contribution in [-0.2, 0) is 10.0 Å². The van der Waals surface area contributed by atoms with Gasteiger partial charge in [-0.2, -0.15) is 4.31 Å². The van der Waals surface area contributed by atoms with Crippen molar-refractivity contribution >= 4 is 31.5 Å². The van der Waals surface area contributed by atoms with E-state index in [1.807, 2.05) is 23.2 Å². The van der Waals surface area contributed by atoms with Crippen molar-refractivity contribution in [3.8, 4) is 11.3 Å². The molecule has 1 aliphatic rings. The second-order valence-electron chi connectivity index (χ2n) is 6.83. The minimum Gasteiger partial charge on any atom is -0.344 e. The number of nitrogens with zero attached hydrogens (tertiary/aromatic N) is 6. The maximum atomic E-state index is 13.4. The van der Waals surface area contributed by atoms with Crippen molar-refractivity contribution in [2.45, 2.75) is 4.90 Å². The number of aromatic nitrogens is 4. The second-order valence-corrected chi connectivity index (χ2v) is 9.70. The van der Waals surface area contributed by atoms with Gasteiger partial charge >= 0.3 is 0 Å². The molecule has 1 aromatic carbocycles. The number of fused-ring (bicyclic) bond motifs is 1. The minimum atomic E-state index is -3.71. The summed E-state index contributed by atoms with van der Waals surface area (Å²) in [6, 6.07) is 8.91. The molecule has 4 heterocycles. The average Bonchev–Trinajstić information content (AvgIpc) is 3.34. The quantitative estimate of drug-likeness (QED) is 0.481. The number of hydrogen-bond acceptors (Lipinski definition) is 7. The van der Waals surface area contributed by atoms with Crippen LogP contribution in [0.3, 0.4) is 0 Å². The van der Waals surface area contributed by atoms with Crippen LogP contribution >= 0.6 is 11.3 Å². The molecular formula is C19H17FN6O2S2. The summed E-state index contributed by atoms with van der Waals surface area (Å²) in [6.45, 7) is 1.62. The van der Waals surface area contributed by atoms with Crippen LogP contribution in [0.2, 0.25) is 0 Å². The molecule has 1 saturated heterocycles. The predicted octanol–water partition coefficient (Wildman–Crippen LogP) is 2.50. The number of anilines is 1. The molecule has 0 radical (unpaired) electrons. The molecule has 0 saturated carbocycles. The molecule has 0 spiro atoms. The first-order valence-corrected chi connectivity index (χ1v) is 11.5. The van der Waals surface area contributed by atoms with Crippen molar-refractivity contribution in [2.24, 2.45) is 0 Å². The van der Waals surface area contributed by atoms with E-state index in [1.54, 1.807) is 16.9 Å². The van der Waals surface area contributed by atoms with Crippen LogP contribution in [0.15, 0.2) is 59.9 Å². The van der Waals surface area contributed by atoms with Gasteiger partial charge in [-0.1, -0.05) is 17.4 Å². The van der Waals surface area contributed by atoms with E-state index in [0.29, 0.717) is 26.2 Å². The standard InChI is InChI=1S/C19H17FN6O2S2/c20-15-4-1-5-16(11-15)30(27,28)25-9-7-24(8-10-25)19-23-26-13-17(22-18(26)29-19)14-3-2-6-21-12-14/h1-6,11-13H,7-10H2. The molecule has 3 aromatic heterocycles. The summed E-state index contributed by atoms with van der Waals surface area (Å²) >= 11 is 1.46. The highest BCUT2D eigenvalue weighted by Crippen LogP contribution is 2.28. The Balaban J connectivity index is 1.31. The average molecular weight is 445 g/mol. The van der Waals surface area contributed by atoms with E-state index in [0.717, 1.165) is 27.4 Å². The predicted molar refractivity (Wildman–Crippen MR) is 111 cm³/mol. The summed E-state index contributed by atoms with van der Waals surface area (Å²) in [4.78, 5) is 11.5. The highest BCUT2D eigenvalue weighted by atomic mass is 32.2. The van der Waals surface area contributed by atoms with E-state index in [1.165, 1.54) is 33.8 Å². The van der Waals surface area contributed by atoms with Gasteiger partial charge < -0.3 is 4.90 Å². The minimum absolute atomic E-state index is 0.0217. The third kappa shape index (κ3) is 3.44. The number of pyridine rings is 1. The van der Waals surface area contributed by atoms with Gasteiger partial charge in [0.25, 0.3) is 0 Å². The fourth-order valence-electron chi connectivity index (χ4n) is 3.37. The van der Waals surface area contributed by atoms with Crippen LogP contribution in [0.1, 0.15) is 0 Å². The lowest BCUT2D eigenvalue weighted by Gasteiger charge is -2.33. The molecule has 0 bridgehead atoms. The van der Waals surface area contributed by atoms with Gasteiger partial charge in [0.15, 0.2) is 0 Å². The Morgan fingerprint density at radius 3 is 2.60 bits per heavy atom. The Morgan fingerprint density at radius 2 is 1.90 bits per heavy atom. The van der Waals surface area contributed by atoms with Crippen molar-refractivity contribution in [3.63, 3.8) is 0 Å². The monoisotopic (exact) mass is 444 g/mol. The molecule has 0 aliphatic carbocycles. The maximum absolute atomic E-state index is 13.4. The van der Waals surface area contributed by atoms with Crippen LogP contribution in [0.4, 0.5) is 9.52 Å². The van der Waals surface area contributed by atoms with Gasteiger partial charge in [0.2, 0.25) is 20.1 Å². The van der Waals surface area contributed by atoms with Crippen LogP contribution in [0, 0.1) is 5.82 Å². The Bertz CT molecular complexity index is 1270. The highest BCUT2D eigenvalue weighted by Gasteiger charge is 2.30. The Morgan fingerprint density at radius 1 is 1.07 bits per heavy atom. The van der Waals surface area contributed by atoms with E-state index in [4.69, 9.17) is 0 Å². The van der Waals surface area contributed by atoms with Crippen molar-refractivity contribution in [2.75, 3.05) is 31.1 Å². The molecule has 0 atom stereocenters. The van der Waals surface area contributed by atoms with E-state index < -0.39 is 15.8 Å². The Hall–Kier alpha value is -2.89. The summed E-state index contributed by atoms with van der Waals surface area (Å²) < 4.78 is 42.1. The van der Waals surface area contributed by atoms with Crippen molar-refractivity contribution in [3.05, 3.63) is 60.8 Å². The normalized spacial score (nSPS) is 15.7. The number of piperazine rings is 1. The summed E-state index contributed by atoms with van der Waals surface area (Å²) in [5, 5.41) is 5.39. The van der Waals surface area contributed by atoms with Crippen molar-refractivity contribution in [1.29, 1.82) is 0 Å². The smallest absolute Gasteiger partial charge is 0.243 e. The van der Waals surface area contributed by atoms with Gasteiger partial charge in [0, 0.05) is 44.1 Å². The van der Waals surface area contributed by atoms with Gasteiger partial charge in [-0.25, -0.2) is 22.3 Å². The lowest BCUT2D eigenvalue weighted by Crippen LogP contribution is -2.48. The summed E-state index contributed by atoms with van der Waals surface area (Å²) in [5.74, 6) is -0.563. The molecule has 4 aromatic rings. The third-order valence-corrected chi connectivity index (χ3v) is 7.81. The maximum Gasteiger partial charge on any atom is 0.243 e. The number of rotatable bonds is 4. The molecular weight excluding hydrogens is 427 g/mol. The zero-order valence-corrected chi connectivity index (χ0v) is 17.4. The summed E-state index contributed by atoms with van der Waals surface area (Å²) in [7, 11) is -3.71. The summed E-state index contributed by atoms with van der Waals surface area (Å²) in [6.07, 6.45) is 5.33. The van der Waals surface area contributed by atoms with E-state index in [-0.39, 0.29) is 4.90 Å². The van der Waals surface area contributed by atoms with Crippen molar-refractivity contribution < 1.29 is 12.8 Å². The van der Waals surface area contributed by atoms with Gasteiger partial charge in [-0.3, -0.25) is 4.98 Å². The van der Waals surface area contributed by atoms with Crippen LogP contribution in [0.25, 0.3) is 16.2 Å². The molecule has 1 fully saturated rings. The van der Waals surface area contributed by atoms with Gasteiger partial charge in [0.1, 0.15) is 5.82 Å². The molecule has 8 nitrogen and oxygen atoms in total. The van der Waals surface area contributed by atoms with Gasteiger partial charge in [0.05, 0.1) is 16.8 Å². The van der Waals surface area contributed by atoms with Gasteiger partial charge in [-0.15, -0.1) is 5.10 Å². The van der Waals surface area contributed by atoms with Crippen LogP contribution in [-0.4, -0.2) is 58.5 Å². The molecule has 0 N–H and O–H groups in total. The zero-order chi connectivity index (χ0) is 20.7. The van der Waals surface area contributed by atoms with Crippen LogP contribution in [0.5, 0.6) is 0 Å². The van der Waals surface area contributed by atoms with Gasteiger partial charge in [-0.05, 0) is 30.3 Å². The van der Waals surface area contributed by atoms with E-state index >= 15 is 0 Å². The second kappa shape index (κ2) is 7.42. The molecule has 0 amide bonds. The lowest BCUT2D eigenvalue weighted by atomic mass is 10.2. The Labute approximate surface area is 176 Å². The first-order chi connectivity index (χ1) is 14.5. The van der Waals surface area contributed by atoms with Crippen LogP contribution < -0.4 is 4.90 Å². The highest BCUT2D eigenvalue weighted by molar-refractivity contribution is 7.89. The molecule has 1 aliphatic heterocycles. The van der Waals surface area contributed by atoms with E-state index in [9.17, 15) is 12.8 Å². The summed E-state index contributed by atoms with van der Waals surface area (Å²) in [5.41, 5.74) is 1.73. The lowest BCUT2D eigenvalue weighted by molar-refractivity contribution is 0.384. The number of halogens is 1. The van der Waals surface area contributed by atoms with E-state index in [2.05, 4.69) is 15.1 Å². The fraction of sp³-hybridized carbons (Fsp3) is 0.211. The number of imidazole rings is 1. The number of benzene rings is 1. The molecule has 30 heavy (non-hydrogen) atoms. The first kappa shape index (κ1) is 19.1. The zero-order valence-electron chi connectivity index (χ0n) is 15.7. The Kier molecular flexibility index (Phi) is 4.72. The molecule has 5 rings (SSSR count). The molecule has 0 unspecified atom stereocenters. The van der Waals surface area contributed by atoms with Crippen molar-refractivity contribution in [1.82, 2.24) is 23.9 Å². The topological polar surface area (TPSA) is 83.7 Å². The first-order valence-electron chi connectivity index (χ1n) is 9.28.